The lowest BCUT2D eigenvalue weighted by Gasteiger charge is -2.22. The molecule has 0 bridgehead atoms. The molecule has 0 saturated carbocycles. The number of benzene rings is 3. The van der Waals surface area contributed by atoms with Crippen molar-refractivity contribution in [3.8, 4) is 16.8 Å². The number of aryl methyl sites for hydroxylation is 1. The van der Waals surface area contributed by atoms with Gasteiger partial charge in [-0.1, -0.05) is 18.2 Å². The Kier molecular flexibility index (Phi) is 5.63. The van der Waals surface area contributed by atoms with Crippen molar-refractivity contribution in [1.29, 1.82) is 0 Å². The van der Waals surface area contributed by atoms with Crippen LogP contribution in [0.1, 0.15) is 15.9 Å². The van der Waals surface area contributed by atoms with Crippen LogP contribution in [0.15, 0.2) is 71.8 Å². The Labute approximate surface area is 205 Å². The summed E-state index contributed by atoms with van der Waals surface area (Å²) in [6.45, 7) is 2.58. The largest absolute Gasteiger partial charge is 0.366 e. The van der Waals surface area contributed by atoms with Crippen molar-refractivity contribution >= 4 is 23.3 Å². The molecule has 1 saturated heterocycles. The molecule has 4 aromatic rings. The van der Waals surface area contributed by atoms with Crippen LogP contribution in [0.25, 0.3) is 16.8 Å². The van der Waals surface area contributed by atoms with Crippen molar-refractivity contribution in [3.63, 3.8) is 0 Å². The number of anilines is 2. The maximum absolute atomic E-state index is 15.0. The first kappa shape index (κ1) is 23.0. The number of hydrogen-bond acceptors (Lipinski definition) is 4. The summed E-state index contributed by atoms with van der Waals surface area (Å²) in [6.07, 6.45) is 1.42. The standard InChI is InChI=1S/C26H23FN6O3/c1-16-22(32-13-12-31(26(32)36)20-5-3-4-18(14-20)24(28)34)11-10-21(27)23(16)17-6-8-19(9-7-17)33-15-29-30(2)25(33)35/h3-11,14-15H,12-13H2,1-2H3,(H2,28,34). The van der Waals surface area contributed by atoms with Gasteiger partial charge < -0.3 is 5.73 Å². The SMILES string of the molecule is Cc1c(N2CCN(c3cccc(C(N)=O)c3)C2=O)ccc(F)c1-c1ccc(-n2cnn(C)c2=O)cc1. The third-order valence-corrected chi connectivity index (χ3v) is 6.39. The molecule has 1 aromatic heterocycles. The number of carbonyl (C=O) groups excluding carboxylic acids is 2. The maximum Gasteiger partial charge on any atom is 0.350 e. The average molecular weight is 487 g/mol. The molecule has 36 heavy (non-hydrogen) atoms. The summed E-state index contributed by atoms with van der Waals surface area (Å²) in [4.78, 5) is 40.2. The number of primary amides is 1. The van der Waals surface area contributed by atoms with E-state index in [9.17, 15) is 14.4 Å². The molecule has 1 fully saturated rings. The van der Waals surface area contributed by atoms with Gasteiger partial charge in [0.1, 0.15) is 12.1 Å². The Bertz CT molecular complexity index is 1560. The number of amides is 3. The Morgan fingerprint density at radius 2 is 1.69 bits per heavy atom. The van der Waals surface area contributed by atoms with Crippen molar-refractivity contribution < 1.29 is 14.0 Å². The lowest BCUT2D eigenvalue weighted by molar-refractivity contribution is 0.1000. The summed E-state index contributed by atoms with van der Waals surface area (Å²) in [7, 11) is 1.56. The van der Waals surface area contributed by atoms with Crippen LogP contribution < -0.4 is 21.2 Å². The number of urea groups is 1. The molecule has 10 heteroatoms. The molecule has 0 spiro atoms. The van der Waals surface area contributed by atoms with Gasteiger partial charge in [-0.3, -0.25) is 14.6 Å². The van der Waals surface area contributed by atoms with E-state index in [2.05, 4.69) is 5.10 Å². The first-order valence-electron chi connectivity index (χ1n) is 11.3. The molecule has 9 nitrogen and oxygen atoms in total. The number of nitrogens with zero attached hydrogens (tertiary/aromatic N) is 5. The second-order valence-electron chi connectivity index (χ2n) is 8.52. The Hall–Kier alpha value is -4.73. The molecule has 2 heterocycles. The van der Waals surface area contributed by atoms with Gasteiger partial charge in [0.05, 0.1) is 5.69 Å². The van der Waals surface area contributed by atoms with E-state index in [0.29, 0.717) is 52.4 Å². The topological polar surface area (TPSA) is 106 Å². The van der Waals surface area contributed by atoms with E-state index in [1.165, 1.54) is 21.6 Å². The van der Waals surface area contributed by atoms with Crippen molar-refractivity contribution in [3.05, 3.63) is 94.4 Å². The number of nitrogens with two attached hydrogens (primary N) is 1. The molecular weight excluding hydrogens is 463 g/mol. The average Bonchev–Trinajstić information content (AvgIpc) is 3.41. The fourth-order valence-corrected chi connectivity index (χ4v) is 4.49. The van der Waals surface area contributed by atoms with Crippen LogP contribution >= 0.6 is 0 Å². The van der Waals surface area contributed by atoms with E-state index in [1.54, 1.807) is 78.4 Å². The summed E-state index contributed by atoms with van der Waals surface area (Å²) in [5.74, 6) is -0.987. The smallest absolute Gasteiger partial charge is 0.350 e. The molecule has 5 rings (SSSR count). The van der Waals surface area contributed by atoms with Crippen molar-refractivity contribution in [2.24, 2.45) is 12.8 Å². The summed E-state index contributed by atoms with van der Waals surface area (Å²) in [5.41, 5.74) is 8.79. The molecule has 3 amide bonds. The van der Waals surface area contributed by atoms with Crippen molar-refractivity contribution in [2.75, 3.05) is 22.9 Å². The van der Waals surface area contributed by atoms with Gasteiger partial charge in [-0.15, -0.1) is 0 Å². The van der Waals surface area contributed by atoms with Crippen LogP contribution in [0.5, 0.6) is 0 Å². The molecule has 0 aliphatic carbocycles. The van der Waals surface area contributed by atoms with Crippen LogP contribution in [-0.2, 0) is 7.05 Å². The van der Waals surface area contributed by atoms with Gasteiger partial charge in [0.25, 0.3) is 0 Å². The van der Waals surface area contributed by atoms with Crippen LogP contribution in [0.4, 0.5) is 20.6 Å². The fourth-order valence-electron chi connectivity index (χ4n) is 4.49. The first-order chi connectivity index (χ1) is 17.3. The molecule has 3 aromatic carbocycles. The van der Waals surface area contributed by atoms with Gasteiger partial charge >= 0.3 is 11.7 Å². The minimum atomic E-state index is -0.571. The number of carbonyl (C=O) groups is 2. The monoisotopic (exact) mass is 486 g/mol. The third-order valence-electron chi connectivity index (χ3n) is 6.39. The quantitative estimate of drug-likeness (QED) is 0.467. The van der Waals surface area contributed by atoms with E-state index in [0.717, 1.165) is 0 Å². The highest BCUT2D eigenvalue weighted by Gasteiger charge is 2.32. The minimum Gasteiger partial charge on any atom is -0.366 e. The van der Waals surface area contributed by atoms with Crippen molar-refractivity contribution in [1.82, 2.24) is 14.3 Å². The summed E-state index contributed by atoms with van der Waals surface area (Å²) in [6, 6.07) is 16.2. The number of hydrogen-bond donors (Lipinski definition) is 1. The molecule has 0 atom stereocenters. The van der Waals surface area contributed by atoms with Gasteiger partial charge in [-0.25, -0.2) is 23.2 Å². The van der Waals surface area contributed by atoms with Gasteiger partial charge in [0, 0.05) is 42.6 Å². The summed E-state index contributed by atoms with van der Waals surface area (Å²) < 4.78 is 17.6. The summed E-state index contributed by atoms with van der Waals surface area (Å²) >= 11 is 0. The number of rotatable bonds is 5. The lowest BCUT2D eigenvalue weighted by Crippen LogP contribution is -2.32. The predicted molar refractivity (Wildman–Crippen MR) is 134 cm³/mol. The van der Waals surface area contributed by atoms with E-state index in [1.807, 2.05) is 0 Å². The van der Waals surface area contributed by atoms with E-state index in [-0.39, 0.29) is 11.7 Å². The third kappa shape index (κ3) is 3.82. The second-order valence-corrected chi connectivity index (χ2v) is 8.52. The molecule has 0 unspecified atom stereocenters. The molecule has 0 radical (unpaired) electrons. The van der Waals surface area contributed by atoms with Crippen LogP contribution in [0, 0.1) is 12.7 Å². The van der Waals surface area contributed by atoms with Gasteiger partial charge in [0.2, 0.25) is 5.91 Å². The zero-order valence-electron chi connectivity index (χ0n) is 19.7. The molecule has 1 aliphatic rings. The van der Waals surface area contributed by atoms with Gasteiger partial charge in [-0.05, 0) is 60.5 Å². The van der Waals surface area contributed by atoms with Gasteiger partial charge in [0.15, 0.2) is 0 Å². The van der Waals surface area contributed by atoms with Crippen molar-refractivity contribution in [2.45, 2.75) is 6.92 Å². The molecule has 182 valence electrons. The highest BCUT2D eigenvalue weighted by Crippen LogP contribution is 2.35. The highest BCUT2D eigenvalue weighted by molar-refractivity contribution is 6.07. The number of aromatic nitrogens is 3. The first-order valence-corrected chi connectivity index (χ1v) is 11.3. The second kappa shape index (κ2) is 8.81. The Morgan fingerprint density at radius 3 is 2.36 bits per heavy atom. The van der Waals surface area contributed by atoms with Crippen LogP contribution in [0.2, 0.25) is 0 Å². The van der Waals surface area contributed by atoms with E-state index in [4.69, 9.17) is 5.73 Å². The lowest BCUT2D eigenvalue weighted by atomic mass is 9.97. The van der Waals surface area contributed by atoms with E-state index < -0.39 is 11.7 Å². The zero-order chi connectivity index (χ0) is 25.6. The Morgan fingerprint density at radius 1 is 0.972 bits per heavy atom. The maximum atomic E-state index is 15.0. The minimum absolute atomic E-state index is 0.274. The predicted octanol–water partition coefficient (Wildman–Crippen LogP) is 3.23. The van der Waals surface area contributed by atoms with Crippen LogP contribution in [0.3, 0.4) is 0 Å². The fraction of sp³-hybridized carbons (Fsp3) is 0.154. The number of halogens is 1. The van der Waals surface area contributed by atoms with Gasteiger partial charge in [-0.2, -0.15) is 5.10 Å². The molecule has 2 N–H and O–H groups in total. The Balaban J connectivity index is 1.47. The van der Waals surface area contributed by atoms with Crippen LogP contribution in [-0.4, -0.2) is 39.4 Å². The summed E-state index contributed by atoms with van der Waals surface area (Å²) in [5, 5.41) is 3.95. The van der Waals surface area contributed by atoms with E-state index >= 15 is 4.39 Å². The zero-order valence-corrected chi connectivity index (χ0v) is 19.7. The normalized spacial score (nSPS) is 13.5. The highest BCUT2D eigenvalue weighted by atomic mass is 19.1. The molecular formula is C26H23FN6O3. The molecule has 1 aliphatic heterocycles.